The van der Waals surface area contributed by atoms with Gasteiger partial charge in [0.15, 0.2) is 0 Å². The number of para-hydroxylation sites is 1. The highest BCUT2D eigenvalue weighted by molar-refractivity contribution is 5.94. The zero-order chi connectivity index (χ0) is 19.9. The second-order valence-corrected chi connectivity index (χ2v) is 6.76. The molecule has 3 aromatic rings. The summed E-state index contributed by atoms with van der Waals surface area (Å²) < 4.78 is 0. The van der Waals surface area contributed by atoms with Gasteiger partial charge in [-0.15, -0.1) is 0 Å². The van der Waals surface area contributed by atoms with Crippen molar-refractivity contribution in [3.63, 3.8) is 0 Å². The Balaban J connectivity index is 1.52. The van der Waals surface area contributed by atoms with Gasteiger partial charge >= 0.3 is 5.97 Å². The lowest BCUT2D eigenvalue weighted by Gasteiger charge is -2.14. The van der Waals surface area contributed by atoms with Crippen LogP contribution in [0.1, 0.15) is 24.5 Å². The molecule has 3 rings (SSSR count). The third kappa shape index (κ3) is 4.98. The molecule has 0 fully saturated rings. The van der Waals surface area contributed by atoms with E-state index in [0.717, 1.165) is 22.9 Å². The summed E-state index contributed by atoms with van der Waals surface area (Å²) in [4.78, 5) is 27.0. The number of benzene rings is 2. The molecule has 6 nitrogen and oxygen atoms in total. The lowest BCUT2D eigenvalue weighted by atomic mass is 10.1. The number of aromatic amines is 1. The van der Waals surface area contributed by atoms with Crippen molar-refractivity contribution in [3.05, 3.63) is 65.9 Å². The molecule has 4 N–H and O–H groups in total. The van der Waals surface area contributed by atoms with Crippen LogP contribution in [0.15, 0.2) is 54.7 Å². The number of carbonyl (C=O) groups excluding carboxylic acids is 1. The van der Waals surface area contributed by atoms with Gasteiger partial charge in [0.05, 0.1) is 6.42 Å². The molecule has 1 unspecified atom stereocenters. The van der Waals surface area contributed by atoms with Crippen LogP contribution in [0.5, 0.6) is 0 Å². The van der Waals surface area contributed by atoms with Crippen molar-refractivity contribution in [1.29, 1.82) is 0 Å². The normalized spacial score (nSPS) is 12.0. The molecule has 6 heteroatoms. The monoisotopic (exact) mass is 379 g/mol. The Labute approximate surface area is 164 Å². The van der Waals surface area contributed by atoms with Gasteiger partial charge in [-0.05, 0) is 42.2 Å². The number of aryl methyl sites for hydroxylation is 1. The minimum atomic E-state index is -1.03. The van der Waals surface area contributed by atoms with Gasteiger partial charge < -0.3 is 20.7 Å². The van der Waals surface area contributed by atoms with E-state index in [-0.39, 0.29) is 12.3 Å². The van der Waals surface area contributed by atoms with E-state index >= 15 is 0 Å². The van der Waals surface area contributed by atoms with Gasteiger partial charge in [-0.2, -0.15) is 0 Å². The van der Waals surface area contributed by atoms with Crippen molar-refractivity contribution in [2.75, 3.05) is 11.9 Å². The highest BCUT2D eigenvalue weighted by atomic mass is 16.4. The molecular weight excluding hydrogens is 354 g/mol. The summed E-state index contributed by atoms with van der Waals surface area (Å²) in [6.45, 7) is 2.53. The second kappa shape index (κ2) is 9.19. The van der Waals surface area contributed by atoms with Crippen molar-refractivity contribution in [3.8, 4) is 0 Å². The summed E-state index contributed by atoms with van der Waals surface area (Å²) >= 11 is 0. The highest BCUT2D eigenvalue weighted by Gasteiger charge is 2.20. The first kappa shape index (κ1) is 19.6. The van der Waals surface area contributed by atoms with Crippen molar-refractivity contribution in [2.45, 2.75) is 32.2 Å². The van der Waals surface area contributed by atoms with E-state index in [2.05, 4.69) is 22.5 Å². The molecule has 0 radical (unpaired) electrons. The lowest BCUT2D eigenvalue weighted by Crippen LogP contribution is -2.40. The number of anilines is 1. The van der Waals surface area contributed by atoms with Crippen molar-refractivity contribution in [2.24, 2.45) is 0 Å². The fourth-order valence-electron chi connectivity index (χ4n) is 3.19. The number of carboxylic acid groups (broad SMARTS) is 1. The summed E-state index contributed by atoms with van der Waals surface area (Å²) in [6.07, 6.45) is 3.41. The van der Waals surface area contributed by atoms with E-state index in [1.165, 1.54) is 5.56 Å². The molecule has 1 heterocycles. The summed E-state index contributed by atoms with van der Waals surface area (Å²) in [5.41, 5.74) is 4.03. The van der Waals surface area contributed by atoms with E-state index < -0.39 is 12.0 Å². The highest BCUT2D eigenvalue weighted by Crippen LogP contribution is 2.17. The number of carbonyl (C=O) groups is 2. The third-order valence-corrected chi connectivity index (χ3v) is 4.79. The molecule has 0 bridgehead atoms. The summed E-state index contributed by atoms with van der Waals surface area (Å²) in [7, 11) is 0. The molecule has 0 saturated heterocycles. The summed E-state index contributed by atoms with van der Waals surface area (Å²) in [5.74, 6) is -1.35. The average Bonchev–Trinajstić information content (AvgIpc) is 3.11. The molecule has 28 heavy (non-hydrogen) atoms. The lowest BCUT2D eigenvalue weighted by molar-refractivity contribution is -0.141. The number of fused-ring (bicyclic) bond motifs is 1. The first-order valence-corrected chi connectivity index (χ1v) is 9.46. The van der Waals surface area contributed by atoms with Crippen LogP contribution in [0.2, 0.25) is 0 Å². The predicted octanol–water partition coefficient (Wildman–Crippen LogP) is 3.34. The van der Waals surface area contributed by atoms with Crippen LogP contribution in [0.3, 0.4) is 0 Å². The van der Waals surface area contributed by atoms with Gasteiger partial charge in [0, 0.05) is 29.3 Å². The van der Waals surface area contributed by atoms with Crippen LogP contribution < -0.4 is 10.6 Å². The Morgan fingerprint density at radius 3 is 2.57 bits per heavy atom. The quantitative estimate of drug-likeness (QED) is 0.459. The molecule has 0 spiro atoms. The summed E-state index contributed by atoms with van der Waals surface area (Å²) in [6, 6.07) is 14.6. The van der Waals surface area contributed by atoms with E-state index in [0.29, 0.717) is 18.7 Å². The first-order chi connectivity index (χ1) is 13.6. The number of aliphatic carboxylic acids is 1. The number of carboxylic acids is 1. The Kier molecular flexibility index (Phi) is 6.45. The minimum absolute atomic E-state index is 0.126. The van der Waals surface area contributed by atoms with Crippen LogP contribution in [-0.4, -0.2) is 34.6 Å². The van der Waals surface area contributed by atoms with Gasteiger partial charge in [0.1, 0.15) is 6.04 Å². The van der Waals surface area contributed by atoms with Gasteiger partial charge in [-0.3, -0.25) is 9.59 Å². The Morgan fingerprint density at radius 1 is 1.11 bits per heavy atom. The number of H-pyrrole nitrogens is 1. The molecule has 1 aromatic heterocycles. The van der Waals surface area contributed by atoms with E-state index in [1.54, 1.807) is 0 Å². The fraction of sp³-hybridized carbons (Fsp3) is 0.273. The molecule has 146 valence electrons. The van der Waals surface area contributed by atoms with Crippen LogP contribution in [-0.2, 0) is 22.4 Å². The number of nitrogens with one attached hydrogen (secondary N) is 3. The van der Waals surface area contributed by atoms with Crippen molar-refractivity contribution in [1.82, 2.24) is 10.3 Å². The Morgan fingerprint density at radius 2 is 1.86 bits per heavy atom. The van der Waals surface area contributed by atoms with E-state index in [1.807, 2.05) is 54.7 Å². The maximum Gasteiger partial charge on any atom is 0.321 e. The van der Waals surface area contributed by atoms with Crippen molar-refractivity contribution >= 4 is 28.5 Å². The van der Waals surface area contributed by atoms with Gasteiger partial charge in [-0.1, -0.05) is 37.3 Å². The van der Waals surface area contributed by atoms with Crippen molar-refractivity contribution < 1.29 is 14.7 Å². The average molecular weight is 379 g/mol. The van der Waals surface area contributed by atoms with E-state index in [4.69, 9.17) is 0 Å². The molecular formula is C22H25N3O3. The molecule has 0 aliphatic carbocycles. The zero-order valence-corrected chi connectivity index (χ0v) is 15.9. The number of rotatable bonds is 9. The number of hydrogen-bond donors (Lipinski definition) is 4. The van der Waals surface area contributed by atoms with Gasteiger partial charge in [0.25, 0.3) is 0 Å². The number of amides is 1. The van der Waals surface area contributed by atoms with Crippen LogP contribution in [0.4, 0.5) is 5.69 Å². The van der Waals surface area contributed by atoms with Crippen LogP contribution in [0.25, 0.3) is 10.9 Å². The third-order valence-electron chi connectivity index (χ3n) is 4.79. The number of hydrogen-bond acceptors (Lipinski definition) is 3. The zero-order valence-electron chi connectivity index (χ0n) is 15.9. The second-order valence-electron chi connectivity index (χ2n) is 6.76. The first-order valence-electron chi connectivity index (χ1n) is 9.46. The number of aromatic nitrogens is 1. The maximum atomic E-state index is 12.2. The Bertz CT molecular complexity index is 947. The fourth-order valence-corrected chi connectivity index (χ4v) is 3.19. The van der Waals surface area contributed by atoms with Gasteiger partial charge in [0.2, 0.25) is 5.91 Å². The molecule has 0 aliphatic heterocycles. The minimum Gasteiger partial charge on any atom is -0.480 e. The summed E-state index contributed by atoms with van der Waals surface area (Å²) in [5, 5.41) is 16.3. The Hall–Kier alpha value is -3.12. The standard InChI is InChI=1S/C22H25N3O3/c1-2-15-7-9-17(10-8-15)25-21(26)13-20(22(27)28)23-12-11-16-14-24-19-6-4-3-5-18(16)19/h3-10,14,20,23-24H,2,11-13H2,1H3,(H,25,26)(H,27,28). The van der Waals surface area contributed by atoms with Crippen LogP contribution >= 0.6 is 0 Å². The maximum absolute atomic E-state index is 12.2. The molecule has 0 aliphatic rings. The van der Waals surface area contributed by atoms with Crippen LogP contribution in [0, 0.1) is 0 Å². The largest absolute Gasteiger partial charge is 0.480 e. The SMILES string of the molecule is CCc1ccc(NC(=O)CC(NCCc2c[nH]c3ccccc23)C(=O)O)cc1. The molecule has 2 aromatic carbocycles. The molecule has 1 atom stereocenters. The molecule has 1 amide bonds. The molecule has 0 saturated carbocycles. The smallest absolute Gasteiger partial charge is 0.321 e. The van der Waals surface area contributed by atoms with E-state index in [9.17, 15) is 14.7 Å². The predicted molar refractivity (Wildman–Crippen MR) is 110 cm³/mol. The van der Waals surface area contributed by atoms with Gasteiger partial charge in [-0.25, -0.2) is 0 Å². The topological polar surface area (TPSA) is 94.2 Å².